The van der Waals surface area contributed by atoms with Crippen molar-refractivity contribution in [3.05, 3.63) is 65.9 Å². The molecule has 1 aliphatic heterocycles. The van der Waals surface area contributed by atoms with Crippen LogP contribution in [-0.2, 0) is 21.1 Å². The Morgan fingerprint density at radius 1 is 1.00 bits per heavy atom. The minimum absolute atomic E-state index is 0.0780. The van der Waals surface area contributed by atoms with Crippen molar-refractivity contribution in [3.63, 3.8) is 0 Å². The predicted molar refractivity (Wildman–Crippen MR) is 144 cm³/mol. The van der Waals surface area contributed by atoms with Crippen molar-refractivity contribution >= 4 is 33.0 Å². The molecule has 4 rings (SSSR count). The summed E-state index contributed by atoms with van der Waals surface area (Å²) in [5, 5.41) is 6.56. The quantitative estimate of drug-likeness (QED) is 0.442. The molecule has 2 aromatic carbocycles. The minimum atomic E-state index is -3.40. The molecule has 8 nitrogen and oxygen atoms in total. The van der Waals surface area contributed by atoms with Gasteiger partial charge in [-0.1, -0.05) is 39.0 Å². The van der Waals surface area contributed by atoms with Crippen molar-refractivity contribution < 1.29 is 13.2 Å². The van der Waals surface area contributed by atoms with Crippen molar-refractivity contribution in [2.75, 3.05) is 42.7 Å². The Hall–Kier alpha value is -3.01. The first-order valence-corrected chi connectivity index (χ1v) is 13.8. The second-order valence-electron chi connectivity index (χ2n) is 10.4. The van der Waals surface area contributed by atoms with Crippen LogP contribution in [0.3, 0.4) is 0 Å². The van der Waals surface area contributed by atoms with Crippen LogP contribution in [0, 0.1) is 12.3 Å². The molecular weight excluding hydrogens is 474 g/mol. The Morgan fingerprint density at radius 2 is 1.69 bits per heavy atom. The molecule has 3 aromatic rings. The summed E-state index contributed by atoms with van der Waals surface area (Å²) in [6.45, 7) is 12.0. The number of aromatic nitrogens is 2. The van der Waals surface area contributed by atoms with Gasteiger partial charge in [0.05, 0.1) is 23.9 Å². The summed E-state index contributed by atoms with van der Waals surface area (Å²) in [6.07, 6.45) is 1.75. The number of hydrogen-bond acceptors (Lipinski definition) is 8. The zero-order valence-electron chi connectivity index (χ0n) is 21.4. The molecule has 2 heterocycles. The van der Waals surface area contributed by atoms with Gasteiger partial charge in [0.2, 0.25) is 5.95 Å². The number of ether oxygens (including phenoxy) is 1. The normalized spacial score (nSPS) is 15.0. The van der Waals surface area contributed by atoms with Gasteiger partial charge in [0.15, 0.2) is 9.84 Å². The fourth-order valence-corrected chi connectivity index (χ4v) is 5.98. The first kappa shape index (κ1) is 26.1. The molecule has 0 spiro atoms. The summed E-state index contributed by atoms with van der Waals surface area (Å²) in [4.78, 5) is 11.8. The van der Waals surface area contributed by atoms with E-state index in [-0.39, 0.29) is 11.2 Å². The van der Waals surface area contributed by atoms with Crippen molar-refractivity contribution in [3.8, 4) is 0 Å². The van der Waals surface area contributed by atoms with Gasteiger partial charge >= 0.3 is 0 Å². The average Bonchev–Trinajstić information content (AvgIpc) is 2.81. The molecule has 0 radical (unpaired) electrons. The first-order chi connectivity index (χ1) is 17.1. The lowest BCUT2D eigenvalue weighted by Gasteiger charge is -2.26. The van der Waals surface area contributed by atoms with E-state index in [1.54, 1.807) is 24.4 Å². The average molecular weight is 510 g/mol. The highest BCUT2D eigenvalue weighted by Crippen LogP contribution is 2.26. The SMILES string of the molecule is Cc1cnc(Nc2cccc(CN3CCOCC3)c2)nc1Nc1cccc(S(=O)(=O)CC(C)(C)C)c1. The molecule has 0 aliphatic carbocycles. The zero-order valence-corrected chi connectivity index (χ0v) is 22.2. The highest BCUT2D eigenvalue weighted by Gasteiger charge is 2.23. The lowest BCUT2D eigenvalue weighted by Crippen LogP contribution is -2.35. The number of nitrogens with one attached hydrogen (secondary N) is 2. The molecule has 0 amide bonds. The number of sulfone groups is 1. The van der Waals surface area contributed by atoms with Crippen LogP contribution in [0.2, 0.25) is 0 Å². The van der Waals surface area contributed by atoms with Gasteiger partial charge < -0.3 is 15.4 Å². The molecule has 2 N–H and O–H groups in total. The maximum Gasteiger partial charge on any atom is 0.229 e. The van der Waals surface area contributed by atoms with Crippen LogP contribution >= 0.6 is 0 Å². The number of hydrogen-bond donors (Lipinski definition) is 2. The van der Waals surface area contributed by atoms with Gasteiger partial charge in [0.25, 0.3) is 0 Å². The lowest BCUT2D eigenvalue weighted by atomic mass is 10.0. The van der Waals surface area contributed by atoms with Crippen molar-refractivity contribution in [1.82, 2.24) is 14.9 Å². The van der Waals surface area contributed by atoms with E-state index >= 15 is 0 Å². The smallest absolute Gasteiger partial charge is 0.229 e. The number of benzene rings is 2. The Kier molecular flexibility index (Phi) is 7.92. The summed E-state index contributed by atoms with van der Waals surface area (Å²) in [7, 11) is -3.40. The second kappa shape index (κ2) is 10.9. The van der Waals surface area contributed by atoms with E-state index in [1.807, 2.05) is 45.9 Å². The molecule has 1 saturated heterocycles. The van der Waals surface area contributed by atoms with E-state index in [1.165, 1.54) is 5.56 Å². The lowest BCUT2D eigenvalue weighted by molar-refractivity contribution is 0.0342. The fourth-order valence-electron chi connectivity index (χ4n) is 4.08. The zero-order chi connectivity index (χ0) is 25.8. The van der Waals surface area contributed by atoms with Gasteiger partial charge in [-0.15, -0.1) is 0 Å². The topological polar surface area (TPSA) is 96.4 Å². The third kappa shape index (κ3) is 7.25. The molecular formula is C27H35N5O3S. The van der Waals surface area contributed by atoms with E-state index in [2.05, 4.69) is 37.6 Å². The third-order valence-corrected chi connectivity index (χ3v) is 7.96. The summed E-state index contributed by atoms with van der Waals surface area (Å²) in [5.41, 5.74) is 3.30. The molecule has 1 aromatic heterocycles. The molecule has 0 atom stereocenters. The number of morpholine rings is 1. The molecule has 1 aliphatic rings. The number of anilines is 4. The number of rotatable bonds is 8. The molecule has 1 fully saturated rings. The highest BCUT2D eigenvalue weighted by molar-refractivity contribution is 7.91. The minimum Gasteiger partial charge on any atom is -0.379 e. The summed E-state index contributed by atoms with van der Waals surface area (Å²) < 4.78 is 31.2. The second-order valence-corrected chi connectivity index (χ2v) is 12.4. The van der Waals surface area contributed by atoms with Gasteiger partial charge in [-0.2, -0.15) is 4.98 Å². The van der Waals surface area contributed by atoms with E-state index in [4.69, 9.17) is 4.74 Å². The molecule has 0 saturated carbocycles. The largest absolute Gasteiger partial charge is 0.379 e. The van der Waals surface area contributed by atoms with E-state index in [0.29, 0.717) is 22.3 Å². The Bertz CT molecular complexity index is 1300. The highest BCUT2D eigenvalue weighted by atomic mass is 32.2. The summed E-state index contributed by atoms with van der Waals surface area (Å²) >= 11 is 0. The Balaban J connectivity index is 1.48. The molecule has 0 bridgehead atoms. The van der Waals surface area contributed by atoms with Gasteiger partial charge in [-0.05, 0) is 48.2 Å². The van der Waals surface area contributed by atoms with Gasteiger partial charge in [0.1, 0.15) is 5.82 Å². The van der Waals surface area contributed by atoms with Crippen LogP contribution in [0.15, 0.2) is 59.6 Å². The van der Waals surface area contributed by atoms with Gasteiger partial charge in [0, 0.05) is 42.8 Å². The molecule has 0 unspecified atom stereocenters. The predicted octanol–water partition coefficient (Wildman–Crippen LogP) is 4.92. The Labute approximate surface area is 214 Å². The van der Waals surface area contributed by atoms with Crippen LogP contribution in [0.1, 0.15) is 31.9 Å². The maximum absolute atomic E-state index is 12.9. The number of nitrogens with zero attached hydrogens (tertiary/aromatic N) is 3. The van der Waals surface area contributed by atoms with Crippen molar-refractivity contribution in [2.45, 2.75) is 39.1 Å². The van der Waals surface area contributed by atoms with Crippen LogP contribution in [-0.4, -0.2) is 55.3 Å². The number of aryl methyl sites for hydroxylation is 1. The fraction of sp³-hybridized carbons (Fsp3) is 0.407. The first-order valence-electron chi connectivity index (χ1n) is 12.2. The van der Waals surface area contributed by atoms with E-state index < -0.39 is 9.84 Å². The van der Waals surface area contributed by atoms with Crippen LogP contribution in [0.5, 0.6) is 0 Å². The van der Waals surface area contributed by atoms with Crippen LogP contribution < -0.4 is 10.6 Å². The van der Waals surface area contributed by atoms with Crippen LogP contribution in [0.4, 0.5) is 23.1 Å². The maximum atomic E-state index is 12.9. The van der Waals surface area contributed by atoms with Gasteiger partial charge in [-0.25, -0.2) is 13.4 Å². The Morgan fingerprint density at radius 3 is 2.42 bits per heavy atom. The summed E-state index contributed by atoms with van der Waals surface area (Å²) in [6, 6.07) is 15.1. The van der Waals surface area contributed by atoms with Crippen molar-refractivity contribution in [2.24, 2.45) is 5.41 Å². The molecule has 192 valence electrons. The standard InChI is InChI=1S/C27H35N5O3S/c1-20-17-28-26(30-22-8-5-7-21(15-22)18-32-11-13-35-14-12-32)31-25(20)29-23-9-6-10-24(16-23)36(33,34)19-27(2,3)4/h5-10,15-17H,11-14,18-19H2,1-4H3,(H2,28,29,30,31). The van der Waals surface area contributed by atoms with Crippen LogP contribution in [0.25, 0.3) is 0 Å². The third-order valence-electron chi connectivity index (χ3n) is 5.74. The van der Waals surface area contributed by atoms with Gasteiger partial charge in [-0.3, -0.25) is 4.90 Å². The van der Waals surface area contributed by atoms with E-state index in [9.17, 15) is 8.42 Å². The van der Waals surface area contributed by atoms with E-state index in [0.717, 1.165) is 44.1 Å². The summed E-state index contributed by atoms with van der Waals surface area (Å²) in [5.74, 6) is 1.15. The molecule has 36 heavy (non-hydrogen) atoms. The molecule has 9 heteroatoms. The van der Waals surface area contributed by atoms with Crippen molar-refractivity contribution in [1.29, 1.82) is 0 Å². The monoisotopic (exact) mass is 509 g/mol.